The van der Waals surface area contributed by atoms with Crippen LogP contribution in [-0.2, 0) is 9.59 Å². The molecule has 0 fully saturated rings. The van der Waals surface area contributed by atoms with Gasteiger partial charge in [0.05, 0.1) is 6.42 Å². The summed E-state index contributed by atoms with van der Waals surface area (Å²) in [5.74, 6) is -0.994. The minimum atomic E-state index is -0.896. The number of carbonyl (C=O) groups excluding carboxylic acids is 1. The zero-order valence-corrected chi connectivity index (χ0v) is 11.0. The topological polar surface area (TPSA) is 92.4 Å². The number of nitrogens with one attached hydrogen (secondary N) is 1. The van der Waals surface area contributed by atoms with Gasteiger partial charge in [-0.25, -0.2) is 0 Å². The fourth-order valence-electron chi connectivity index (χ4n) is 1.44. The number of carboxylic acid groups (broad SMARTS) is 1. The predicted molar refractivity (Wildman–Crippen MR) is 66.5 cm³/mol. The quantitative estimate of drug-likeness (QED) is 0.585. The van der Waals surface area contributed by atoms with E-state index in [1.807, 2.05) is 20.8 Å². The maximum Gasteiger partial charge on any atom is 0.305 e. The Morgan fingerprint density at radius 3 is 2.29 bits per heavy atom. The maximum absolute atomic E-state index is 11.6. The summed E-state index contributed by atoms with van der Waals surface area (Å²) in [6.07, 6.45) is 1.91. The van der Waals surface area contributed by atoms with E-state index in [0.717, 1.165) is 12.8 Å². The van der Waals surface area contributed by atoms with Gasteiger partial charge in [-0.3, -0.25) is 9.59 Å². The zero-order chi connectivity index (χ0) is 13.5. The van der Waals surface area contributed by atoms with Crippen molar-refractivity contribution in [3.8, 4) is 0 Å². The van der Waals surface area contributed by atoms with Gasteiger partial charge in [0.25, 0.3) is 0 Å². The van der Waals surface area contributed by atoms with Crippen LogP contribution in [0.5, 0.6) is 0 Å². The van der Waals surface area contributed by atoms with Crippen LogP contribution in [0.3, 0.4) is 0 Å². The van der Waals surface area contributed by atoms with E-state index >= 15 is 0 Å². The molecule has 0 aliphatic rings. The summed E-state index contributed by atoms with van der Waals surface area (Å²) in [5, 5.41) is 11.6. The van der Waals surface area contributed by atoms with Crippen molar-refractivity contribution in [1.29, 1.82) is 0 Å². The van der Waals surface area contributed by atoms with Crippen LogP contribution in [-0.4, -0.2) is 29.6 Å². The summed E-state index contributed by atoms with van der Waals surface area (Å²) in [5.41, 5.74) is 5.08. The van der Waals surface area contributed by atoms with E-state index in [9.17, 15) is 9.59 Å². The first-order valence-corrected chi connectivity index (χ1v) is 5.98. The Morgan fingerprint density at radius 1 is 1.29 bits per heavy atom. The van der Waals surface area contributed by atoms with Crippen LogP contribution in [0.1, 0.15) is 46.5 Å². The monoisotopic (exact) mass is 244 g/mol. The number of amides is 1. The first-order chi connectivity index (χ1) is 7.77. The van der Waals surface area contributed by atoms with Crippen molar-refractivity contribution >= 4 is 11.9 Å². The van der Waals surface area contributed by atoms with Crippen LogP contribution in [0, 0.1) is 5.41 Å². The minimum absolute atomic E-state index is 0.0495. The molecule has 0 saturated heterocycles. The molecule has 5 nitrogen and oxygen atoms in total. The number of carbonyl (C=O) groups is 2. The van der Waals surface area contributed by atoms with Gasteiger partial charge in [-0.15, -0.1) is 0 Å². The molecule has 0 aliphatic heterocycles. The number of carboxylic acids is 1. The summed E-state index contributed by atoms with van der Waals surface area (Å²) in [6, 6.07) is -0.342. The molecule has 0 aromatic carbocycles. The van der Waals surface area contributed by atoms with E-state index in [-0.39, 0.29) is 23.8 Å². The lowest BCUT2D eigenvalue weighted by atomic mass is 9.84. The van der Waals surface area contributed by atoms with Crippen LogP contribution in [0.2, 0.25) is 0 Å². The van der Waals surface area contributed by atoms with Crippen molar-refractivity contribution < 1.29 is 14.7 Å². The average molecular weight is 244 g/mol. The molecule has 0 rings (SSSR count). The number of rotatable bonds is 7. The molecular weight excluding hydrogens is 220 g/mol. The molecule has 5 heteroatoms. The van der Waals surface area contributed by atoms with Gasteiger partial charge in [0, 0.05) is 12.5 Å². The van der Waals surface area contributed by atoms with Gasteiger partial charge in [-0.1, -0.05) is 20.8 Å². The molecule has 4 N–H and O–H groups in total. The highest BCUT2D eigenvalue weighted by atomic mass is 16.4. The first-order valence-electron chi connectivity index (χ1n) is 5.98. The third-order valence-electron chi connectivity index (χ3n) is 2.62. The molecule has 1 unspecified atom stereocenters. The Balaban J connectivity index is 4.24. The molecule has 100 valence electrons. The number of unbranched alkanes of at least 4 members (excludes halogenated alkanes) is 1. The van der Waals surface area contributed by atoms with Crippen molar-refractivity contribution in [2.45, 2.75) is 52.5 Å². The minimum Gasteiger partial charge on any atom is -0.481 e. The van der Waals surface area contributed by atoms with Gasteiger partial charge in [0.1, 0.15) is 0 Å². The second-order valence-corrected chi connectivity index (χ2v) is 5.33. The first kappa shape index (κ1) is 15.9. The molecule has 0 spiro atoms. The van der Waals surface area contributed by atoms with E-state index < -0.39 is 5.97 Å². The molecule has 0 saturated carbocycles. The Bertz CT molecular complexity index is 259. The molecule has 0 aliphatic carbocycles. The van der Waals surface area contributed by atoms with Crippen LogP contribution in [0.15, 0.2) is 0 Å². The van der Waals surface area contributed by atoms with Crippen molar-refractivity contribution in [1.82, 2.24) is 5.32 Å². The number of aliphatic carboxylic acids is 1. The third kappa shape index (κ3) is 7.74. The van der Waals surface area contributed by atoms with Crippen LogP contribution < -0.4 is 11.1 Å². The van der Waals surface area contributed by atoms with Gasteiger partial charge >= 0.3 is 5.97 Å². The number of nitrogens with two attached hydrogens (primary N) is 1. The molecule has 0 heterocycles. The summed E-state index contributed by atoms with van der Waals surface area (Å²) in [6.45, 7) is 6.33. The summed E-state index contributed by atoms with van der Waals surface area (Å²) < 4.78 is 0. The fourth-order valence-corrected chi connectivity index (χ4v) is 1.44. The normalized spacial score (nSPS) is 13.2. The fraction of sp³-hybridized carbons (Fsp3) is 0.833. The molecule has 0 aromatic rings. The highest BCUT2D eigenvalue weighted by molar-refractivity contribution is 5.77. The van der Waals surface area contributed by atoms with Crippen LogP contribution >= 0.6 is 0 Å². The summed E-state index contributed by atoms with van der Waals surface area (Å²) in [4.78, 5) is 22.3. The standard InChI is InChI=1S/C12H24N2O3/c1-12(2,3)9(8-11(16)17)14-10(15)6-4-5-7-13/h9H,4-8,13H2,1-3H3,(H,14,15)(H,16,17). The molecule has 0 aromatic heterocycles. The lowest BCUT2D eigenvalue weighted by Gasteiger charge is -2.30. The van der Waals surface area contributed by atoms with Gasteiger partial charge in [0.2, 0.25) is 5.91 Å². The Hall–Kier alpha value is -1.10. The average Bonchev–Trinajstić information content (AvgIpc) is 2.15. The molecule has 1 atom stereocenters. The van der Waals surface area contributed by atoms with Gasteiger partial charge in [0.15, 0.2) is 0 Å². The predicted octanol–water partition coefficient (Wildman–Crippen LogP) is 1.12. The number of hydrogen-bond acceptors (Lipinski definition) is 3. The highest BCUT2D eigenvalue weighted by Crippen LogP contribution is 2.22. The van der Waals surface area contributed by atoms with Crippen molar-refractivity contribution in [3.05, 3.63) is 0 Å². The Labute approximate surface area is 103 Å². The van der Waals surface area contributed by atoms with E-state index in [2.05, 4.69) is 5.32 Å². The Morgan fingerprint density at radius 2 is 1.88 bits per heavy atom. The van der Waals surface area contributed by atoms with E-state index in [4.69, 9.17) is 10.8 Å². The second kappa shape index (κ2) is 7.27. The van der Waals surface area contributed by atoms with E-state index in [0.29, 0.717) is 13.0 Å². The summed E-state index contributed by atoms with van der Waals surface area (Å²) in [7, 11) is 0. The molecule has 1 amide bonds. The maximum atomic E-state index is 11.6. The second-order valence-electron chi connectivity index (χ2n) is 5.33. The van der Waals surface area contributed by atoms with Gasteiger partial charge in [-0.2, -0.15) is 0 Å². The number of hydrogen-bond donors (Lipinski definition) is 3. The SMILES string of the molecule is CC(C)(C)C(CC(=O)O)NC(=O)CCCCN. The van der Waals surface area contributed by atoms with E-state index in [1.165, 1.54) is 0 Å². The summed E-state index contributed by atoms with van der Waals surface area (Å²) >= 11 is 0. The molecule has 17 heavy (non-hydrogen) atoms. The largest absolute Gasteiger partial charge is 0.481 e. The molecular formula is C12H24N2O3. The van der Waals surface area contributed by atoms with Crippen molar-refractivity contribution in [2.24, 2.45) is 11.1 Å². The Kier molecular flexibility index (Phi) is 6.80. The van der Waals surface area contributed by atoms with Gasteiger partial charge in [-0.05, 0) is 24.8 Å². The van der Waals surface area contributed by atoms with Crippen LogP contribution in [0.25, 0.3) is 0 Å². The van der Waals surface area contributed by atoms with Gasteiger partial charge < -0.3 is 16.2 Å². The lowest BCUT2D eigenvalue weighted by Crippen LogP contribution is -2.45. The van der Waals surface area contributed by atoms with Crippen molar-refractivity contribution in [3.63, 3.8) is 0 Å². The lowest BCUT2D eigenvalue weighted by molar-refractivity contribution is -0.138. The zero-order valence-electron chi connectivity index (χ0n) is 11.0. The van der Waals surface area contributed by atoms with Crippen LogP contribution in [0.4, 0.5) is 0 Å². The smallest absolute Gasteiger partial charge is 0.305 e. The third-order valence-corrected chi connectivity index (χ3v) is 2.62. The van der Waals surface area contributed by atoms with Crippen molar-refractivity contribution in [2.75, 3.05) is 6.54 Å². The molecule has 0 radical (unpaired) electrons. The molecule has 0 bridgehead atoms. The highest BCUT2D eigenvalue weighted by Gasteiger charge is 2.28. The van der Waals surface area contributed by atoms with E-state index in [1.54, 1.807) is 0 Å².